The summed E-state index contributed by atoms with van der Waals surface area (Å²) in [4.78, 5) is 8.05. The molecule has 0 aliphatic rings. The first-order valence-electron chi connectivity index (χ1n) is 12.0. The van der Waals surface area contributed by atoms with Gasteiger partial charge in [-0.15, -0.1) is 10.2 Å². The minimum Gasteiger partial charge on any atom is -0.396 e. The summed E-state index contributed by atoms with van der Waals surface area (Å²) in [6.07, 6.45) is 0. The fraction of sp³-hybridized carbons (Fsp3) is 0.800. The lowest BCUT2D eigenvalue weighted by Gasteiger charge is -2.15. The number of hydrogen-bond acceptors (Lipinski definition) is 11. The van der Waals surface area contributed by atoms with Crippen LogP contribution in [0.1, 0.15) is 0 Å². The number of halogens is 2. The smallest absolute Gasteiger partial charge is 0.248 e. The monoisotopic (exact) mass is 738 g/mol. The molecule has 0 saturated heterocycles. The Morgan fingerprint density at radius 1 is 0.842 bits per heavy atom. The number of thioether (sulfide) groups is 1. The third-order valence-electron chi connectivity index (χ3n) is 4.60. The standard InChI is InChI=1S/C10H20BrN3O4SSi.C10H20BrN3O2SSi/c1-20(2,3)7-5-18-8-14-10(12-9(11)13-14)19(16,17)6-4-15;1-18(2,3)7-5-16-8-14-10(17-6-4-15)12-9(11)13-14/h15H,4-8H2,1-3H3;15H,4-8H2,1-3H3. The van der Waals surface area contributed by atoms with E-state index in [0.717, 1.165) is 23.9 Å². The largest absolute Gasteiger partial charge is 0.396 e. The van der Waals surface area contributed by atoms with Crippen LogP contribution < -0.4 is 0 Å². The average Bonchev–Trinajstić information content (AvgIpc) is 3.34. The Bertz CT molecular complexity index is 1080. The van der Waals surface area contributed by atoms with E-state index in [1.165, 1.54) is 16.4 Å². The minimum atomic E-state index is -3.65. The van der Waals surface area contributed by atoms with Gasteiger partial charge in [0.05, 0.1) is 19.0 Å². The summed E-state index contributed by atoms with van der Waals surface area (Å²) in [6.45, 7) is 15.1. The second-order valence-corrected chi connectivity index (χ2v) is 26.4. The first kappa shape index (κ1) is 35.8. The summed E-state index contributed by atoms with van der Waals surface area (Å²) in [7, 11) is -5.87. The molecule has 0 saturated carbocycles. The van der Waals surface area contributed by atoms with Crippen molar-refractivity contribution in [3.63, 3.8) is 0 Å². The highest BCUT2D eigenvalue weighted by Gasteiger charge is 2.23. The lowest BCUT2D eigenvalue weighted by Crippen LogP contribution is -2.23. The molecule has 2 aromatic heterocycles. The number of aliphatic hydroxyl groups excluding tert-OH is 2. The van der Waals surface area contributed by atoms with Crippen molar-refractivity contribution in [1.82, 2.24) is 29.5 Å². The number of nitrogens with zero attached hydrogens (tertiary/aromatic N) is 6. The van der Waals surface area contributed by atoms with Gasteiger partial charge >= 0.3 is 0 Å². The molecule has 0 fully saturated rings. The maximum atomic E-state index is 11.9. The van der Waals surface area contributed by atoms with Crippen LogP contribution in [-0.2, 0) is 32.8 Å². The van der Waals surface area contributed by atoms with Gasteiger partial charge in [-0.2, -0.15) is 9.97 Å². The van der Waals surface area contributed by atoms with Crippen molar-refractivity contribution >= 4 is 69.6 Å². The van der Waals surface area contributed by atoms with Crippen molar-refractivity contribution in [3.8, 4) is 0 Å². The summed E-state index contributed by atoms with van der Waals surface area (Å²) in [5, 5.41) is 26.3. The SMILES string of the molecule is C[Si](C)(C)CCOCn1nc(Br)nc1S(=O)(=O)CCO.C[Si](C)(C)CCOCn1nc(Br)nc1SCCO. The summed E-state index contributed by atoms with van der Waals surface area (Å²) < 4.78 is 38.6. The van der Waals surface area contributed by atoms with E-state index in [9.17, 15) is 8.42 Å². The molecule has 0 unspecified atom stereocenters. The highest BCUT2D eigenvalue weighted by atomic mass is 79.9. The molecule has 2 rings (SSSR count). The summed E-state index contributed by atoms with van der Waals surface area (Å²) >= 11 is 7.77. The van der Waals surface area contributed by atoms with Crippen LogP contribution in [0.4, 0.5) is 0 Å². The molecule has 18 heteroatoms. The Hall–Kier alpha value is -0.186. The van der Waals surface area contributed by atoms with Crippen molar-refractivity contribution in [2.45, 2.75) is 75.1 Å². The number of aliphatic hydroxyl groups is 2. The maximum Gasteiger partial charge on any atom is 0.248 e. The van der Waals surface area contributed by atoms with Crippen molar-refractivity contribution in [2.24, 2.45) is 0 Å². The Morgan fingerprint density at radius 3 is 1.84 bits per heavy atom. The molecule has 12 nitrogen and oxygen atoms in total. The van der Waals surface area contributed by atoms with Crippen molar-refractivity contribution in [3.05, 3.63) is 9.47 Å². The molecule has 0 atom stereocenters. The lowest BCUT2D eigenvalue weighted by molar-refractivity contribution is 0.0712. The number of sulfone groups is 1. The second-order valence-electron chi connectivity index (χ2n) is 10.6. The highest BCUT2D eigenvalue weighted by Crippen LogP contribution is 2.18. The molecule has 0 radical (unpaired) electrons. The molecule has 0 bridgehead atoms. The third-order valence-corrected chi connectivity index (χ3v) is 11.2. The molecule has 0 aromatic carbocycles. The fourth-order valence-electron chi connectivity index (χ4n) is 2.51. The van der Waals surface area contributed by atoms with E-state index in [4.69, 9.17) is 19.7 Å². The molecule has 2 heterocycles. The first-order valence-corrected chi connectivity index (χ1v) is 23.7. The molecule has 0 aliphatic carbocycles. The van der Waals surface area contributed by atoms with Crippen LogP contribution in [-0.4, -0.2) is 102 Å². The zero-order chi connectivity index (χ0) is 29.0. The average molecular weight is 741 g/mol. The number of aromatic nitrogens is 6. The van der Waals surface area contributed by atoms with E-state index in [1.807, 2.05) is 0 Å². The topological polar surface area (TPSA) is 154 Å². The van der Waals surface area contributed by atoms with Gasteiger partial charge in [0.25, 0.3) is 0 Å². The van der Waals surface area contributed by atoms with Crippen molar-refractivity contribution in [1.29, 1.82) is 0 Å². The van der Waals surface area contributed by atoms with Gasteiger partial charge in [0, 0.05) is 35.1 Å². The molecule has 2 aromatic rings. The predicted molar refractivity (Wildman–Crippen MR) is 161 cm³/mol. The van der Waals surface area contributed by atoms with Crippen LogP contribution in [0, 0.1) is 0 Å². The van der Waals surface area contributed by atoms with E-state index >= 15 is 0 Å². The second kappa shape index (κ2) is 16.9. The minimum absolute atomic E-state index is 0.0308. The molecule has 38 heavy (non-hydrogen) atoms. The van der Waals surface area contributed by atoms with Crippen LogP contribution in [0.3, 0.4) is 0 Å². The predicted octanol–water partition coefficient (Wildman–Crippen LogP) is 3.56. The summed E-state index contributed by atoms with van der Waals surface area (Å²) in [5.74, 6) is 0.229. The quantitative estimate of drug-likeness (QED) is 0.148. The molecule has 220 valence electrons. The Labute approximate surface area is 248 Å². The molecule has 0 amide bonds. The van der Waals surface area contributed by atoms with Crippen LogP contribution in [0.15, 0.2) is 19.8 Å². The van der Waals surface area contributed by atoms with E-state index in [0.29, 0.717) is 23.8 Å². The lowest BCUT2D eigenvalue weighted by atomic mass is 10.8. The van der Waals surface area contributed by atoms with E-state index in [2.05, 4.69) is 91.3 Å². The Kier molecular flexibility index (Phi) is 16.0. The highest BCUT2D eigenvalue weighted by molar-refractivity contribution is 9.10. The number of ether oxygens (including phenoxy) is 2. The van der Waals surface area contributed by atoms with Gasteiger partial charge in [0.2, 0.25) is 24.5 Å². The van der Waals surface area contributed by atoms with Crippen LogP contribution in [0.5, 0.6) is 0 Å². The van der Waals surface area contributed by atoms with Crippen LogP contribution >= 0.6 is 43.6 Å². The van der Waals surface area contributed by atoms with E-state index < -0.39 is 32.6 Å². The molecule has 0 spiro atoms. The van der Waals surface area contributed by atoms with Crippen LogP contribution in [0.2, 0.25) is 51.4 Å². The molecule has 0 aliphatic heterocycles. The molecule has 2 N–H and O–H groups in total. The van der Waals surface area contributed by atoms with Gasteiger partial charge in [0.15, 0.2) is 5.16 Å². The van der Waals surface area contributed by atoms with Gasteiger partial charge in [0.1, 0.15) is 13.5 Å². The summed E-state index contributed by atoms with van der Waals surface area (Å²) in [5.41, 5.74) is 0. The zero-order valence-electron chi connectivity index (χ0n) is 22.9. The number of hydrogen-bond donors (Lipinski definition) is 2. The Morgan fingerprint density at radius 2 is 1.34 bits per heavy atom. The maximum absolute atomic E-state index is 11.9. The number of rotatable bonds is 16. The zero-order valence-corrected chi connectivity index (χ0v) is 29.7. The van der Waals surface area contributed by atoms with E-state index in [-0.39, 0.29) is 29.0 Å². The first-order chi connectivity index (χ1) is 17.6. The molecular formula is C20H40Br2N6O6S2Si2. The van der Waals surface area contributed by atoms with E-state index in [1.54, 1.807) is 4.68 Å². The normalized spacial score (nSPS) is 12.5. The summed E-state index contributed by atoms with van der Waals surface area (Å²) in [6, 6.07) is 2.13. The van der Waals surface area contributed by atoms with Crippen molar-refractivity contribution < 1.29 is 28.1 Å². The molecular weight excluding hydrogens is 700 g/mol. The van der Waals surface area contributed by atoms with Crippen LogP contribution in [0.25, 0.3) is 0 Å². The van der Waals surface area contributed by atoms with Gasteiger partial charge in [-0.1, -0.05) is 51.0 Å². The third kappa shape index (κ3) is 15.0. The van der Waals surface area contributed by atoms with Gasteiger partial charge < -0.3 is 19.7 Å². The van der Waals surface area contributed by atoms with Crippen molar-refractivity contribution in [2.75, 3.05) is 37.9 Å². The Balaban J connectivity index is 0.000000382. The van der Waals surface area contributed by atoms with Gasteiger partial charge in [-0.05, 0) is 43.9 Å². The van der Waals surface area contributed by atoms with Gasteiger partial charge in [-0.25, -0.2) is 17.8 Å². The fourth-order valence-corrected chi connectivity index (χ4v) is 6.71. The van der Waals surface area contributed by atoms with Gasteiger partial charge in [-0.3, -0.25) is 0 Å².